The van der Waals surface area contributed by atoms with Gasteiger partial charge in [0.25, 0.3) is 0 Å². The van der Waals surface area contributed by atoms with E-state index in [0.717, 1.165) is 44.2 Å². The molecule has 27 heavy (non-hydrogen) atoms. The van der Waals surface area contributed by atoms with E-state index < -0.39 is 0 Å². The molecular weight excluding hydrogens is 340 g/mol. The standard InChI is InChI=1S/C21H26N4O2/c1-26-21-11-20(22-14-23-21)25(17-3-4-17)18-6-8-24(13-18)12-15-2-5-19-16(10-15)7-9-27-19/h2,5,10-11,14,17-18H,3-4,6-9,12-13H2,1H3. The second kappa shape index (κ2) is 7.00. The van der Waals surface area contributed by atoms with Gasteiger partial charge in [0.2, 0.25) is 5.88 Å². The summed E-state index contributed by atoms with van der Waals surface area (Å²) in [6, 6.07) is 9.77. The third kappa shape index (κ3) is 3.46. The van der Waals surface area contributed by atoms with Gasteiger partial charge in [0, 0.05) is 44.2 Å². The number of nitrogens with zero attached hydrogens (tertiary/aromatic N) is 4. The van der Waals surface area contributed by atoms with Crippen LogP contribution in [0, 0.1) is 0 Å². The normalized spacial score (nSPS) is 21.7. The predicted octanol–water partition coefficient (Wildman–Crippen LogP) is 2.66. The van der Waals surface area contributed by atoms with Crippen LogP contribution in [0.3, 0.4) is 0 Å². The number of likely N-dealkylation sites (tertiary alicyclic amines) is 1. The molecule has 0 bridgehead atoms. The van der Waals surface area contributed by atoms with Crippen molar-refractivity contribution in [3.8, 4) is 11.6 Å². The van der Waals surface area contributed by atoms with Crippen molar-refractivity contribution in [2.75, 3.05) is 31.7 Å². The van der Waals surface area contributed by atoms with Crippen molar-refractivity contribution in [2.24, 2.45) is 0 Å². The summed E-state index contributed by atoms with van der Waals surface area (Å²) in [6.45, 7) is 4.04. The first-order valence-corrected chi connectivity index (χ1v) is 9.91. The van der Waals surface area contributed by atoms with Crippen LogP contribution in [0.2, 0.25) is 0 Å². The molecule has 2 fully saturated rings. The Morgan fingerprint density at radius 3 is 2.96 bits per heavy atom. The molecule has 5 rings (SSSR count). The second-order valence-electron chi connectivity index (χ2n) is 7.78. The number of ether oxygens (including phenoxy) is 2. The van der Waals surface area contributed by atoms with Gasteiger partial charge in [0.15, 0.2) is 0 Å². The van der Waals surface area contributed by atoms with Crippen LogP contribution in [0.15, 0.2) is 30.6 Å². The number of rotatable bonds is 6. The van der Waals surface area contributed by atoms with Gasteiger partial charge in [0.05, 0.1) is 13.7 Å². The van der Waals surface area contributed by atoms with E-state index in [1.165, 1.54) is 30.4 Å². The lowest BCUT2D eigenvalue weighted by Crippen LogP contribution is -2.39. The van der Waals surface area contributed by atoms with Crippen LogP contribution in [-0.2, 0) is 13.0 Å². The van der Waals surface area contributed by atoms with E-state index in [4.69, 9.17) is 9.47 Å². The van der Waals surface area contributed by atoms with Crippen molar-refractivity contribution >= 4 is 5.82 Å². The van der Waals surface area contributed by atoms with Gasteiger partial charge in [-0.1, -0.05) is 12.1 Å². The van der Waals surface area contributed by atoms with Crippen molar-refractivity contribution in [3.05, 3.63) is 41.7 Å². The summed E-state index contributed by atoms with van der Waals surface area (Å²) in [4.78, 5) is 13.8. The van der Waals surface area contributed by atoms with E-state index in [2.05, 4.69) is 38.0 Å². The molecule has 6 nitrogen and oxygen atoms in total. The maximum atomic E-state index is 5.63. The van der Waals surface area contributed by atoms with Gasteiger partial charge in [-0.25, -0.2) is 9.97 Å². The highest BCUT2D eigenvalue weighted by Crippen LogP contribution is 2.36. The molecule has 142 valence electrons. The highest BCUT2D eigenvalue weighted by atomic mass is 16.5. The lowest BCUT2D eigenvalue weighted by atomic mass is 10.1. The number of methoxy groups -OCH3 is 1. The molecule has 1 atom stereocenters. The lowest BCUT2D eigenvalue weighted by molar-refractivity contribution is 0.324. The molecule has 0 spiro atoms. The maximum Gasteiger partial charge on any atom is 0.218 e. The fourth-order valence-corrected chi connectivity index (χ4v) is 4.39. The molecule has 3 aliphatic rings. The molecule has 1 saturated heterocycles. The van der Waals surface area contributed by atoms with E-state index in [-0.39, 0.29) is 0 Å². The van der Waals surface area contributed by atoms with Crippen LogP contribution in [0.4, 0.5) is 5.82 Å². The van der Waals surface area contributed by atoms with Gasteiger partial charge >= 0.3 is 0 Å². The molecule has 1 aliphatic carbocycles. The van der Waals surface area contributed by atoms with Gasteiger partial charge < -0.3 is 14.4 Å². The molecule has 1 unspecified atom stereocenters. The van der Waals surface area contributed by atoms with E-state index in [9.17, 15) is 0 Å². The molecule has 0 N–H and O–H groups in total. The molecule has 0 amide bonds. The molecule has 2 aromatic rings. The Kier molecular flexibility index (Phi) is 4.36. The smallest absolute Gasteiger partial charge is 0.218 e. The van der Waals surface area contributed by atoms with Crippen LogP contribution in [0.5, 0.6) is 11.6 Å². The average Bonchev–Trinajstić information content (AvgIpc) is 3.23. The SMILES string of the molecule is COc1cc(N(C2CC2)C2CCN(Cc3ccc4c(c3)CCO4)C2)ncn1. The average molecular weight is 366 g/mol. The molecule has 1 aromatic heterocycles. The first kappa shape index (κ1) is 16.8. The molecule has 2 aliphatic heterocycles. The number of fused-ring (bicyclic) bond motifs is 1. The summed E-state index contributed by atoms with van der Waals surface area (Å²) in [6.07, 6.45) is 6.35. The fraction of sp³-hybridized carbons (Fsp3) is 0.524. The Morgan fingerprint density at radius 1 is 1.19 bits per heavy atom. The number of hydrogen-bond donors (Lipinski definition) is 0. The Bertz CT molecular complexity index is 824. The monoisotopic (exact) mass is 366 g/mol. The second-order valence-corrected chi connectivity index (χ2v) is 7.78. The van der Waals surface area contributed by atoms with Gasteiger partial charge in [-0.3, -0.25) is 4.90 Å². The minimum atomic E-state index is 0.509. The zero-order valence-electron chi connectivity index (χ0n) is 15.8. The molecule has 1 aromatic carbocycles. The molecule has 3 heterocycles. The van der Waals surface area contributed by atoms with Crippen molar-refractivity contribution in [3.63, 3.8) is 0 Å². The molecule has 6 heteroatoms. The van der Waals surface area contributed by atoms with Crippen molar-refractivity contribution in [2.45, 2.75) is 44.3 Å². The van der Waals surface area contributed by atoms with E-state index in [1.807, 2.05) is 6.07 Å². The van der Waals surface area contributed by atoms with Gasteiger partial charge in [-0.15, -0.1) is 0 Å². The van der Waals surface area contributed by atoms with Crippen LogP contribution in [0.25, 0.3) is 0 Å². The predicted molar refractivity (Wildman–Crippen MR) is 103 cm³/mol. The van der Waals surface area contributed by atoms with Crippen LogP contribution in [-0.4, -0.2) is 53.8 Å². The third-order valence-electron chi connectivity index (χ3n) is 5.84. The summed E-state index contributed by atoms with van der Waals surface area (Å²) in [5.74, 6) is 2.71. The third-order valence-corrected chi connectivity index (χ3v) is 5.84. The van der Waals surface area contributed by atoms with Crippen LogP contribution >= 0.6 is 0 Å². The zero-order chi connectivity index (χ0) is 18.2. The molecule has 1 saturated carbocycles. The first-order chi connectivity index (χ1) is 13.3. The van der Waals surface area contributed by atoms with Gasteiger partial charge in [-0.2, -0.15) is 0 Å². The quantitative estimate of drug-likeness (QED) is 0.783. The number of anilines is 1. The van der Waals surface area contributed by atoms with E-state index in [1.54, 1.807) is 13.4 Å². The van der Waals surface area contributed by atoms with Crippen molar-refractivity contribution in [1.29, 1.82) is 0 Å². The number of aromatic nitrogens is 2. The van der Waals surface area contributed by atoms with E-state index in [0.29, 0.717) is 18.0 Å². The minimum Gasteiger partial charge on any atom is -0.493 e. The van der Waals surface area contributed by atoms with Gasteiger partial charge in [-0.05, 0) is 36.5 Å². The van der Waals surface area contributed by atoms with Gasteiger partial charge in [0.1, 0.15) is 17.9 Å². The summed E-state index contributed by atoms with van der Waals surface area (Å²) in [5.41, 5.74) is 2.75. The Hall–Kier alpha value is -2.34. The summed E-state index contributed by atoms with van der Waals surface area (Å²) in [5, 5.41) is 0. The van der Waals surface area contributed by atoms with Crippen LogP contribution < -0.4 is 14.4 Å². The van der Waals surface area contributed by atoms with Crippen molar-refractivity contribution < 1.29 is 9.47 Å². The zero-order valence-corrected chi connectivity index (χ0v) is 15.8. The topological polar surface area (TPSA) is 50.7 Å². The highest BCUT2D eigenvalue weighted by molar-refractivity contribution is 5.45. The summed E-state index contributed by atoms with van der Waals surface area (Å²) in [7, 11) is 1.66. The fourth-order valence-electron chi connectivity index (χ4n) is 4.39. The summed E-state index contributed by atoms with van der Waals surface area (Å²) >= 11 is 0. The number of benzene rings is 1. The molecular formula is C21H26N4O2. The molecule has 0 radical (unpaired) electrons. The Balaban J connectivity index is 1.28. The largest absolute Gasteiger partial charge is 0.493 e. The minimum absolute atomic E-state index is 0.509. The maximum absolute atomic E-state index is 5.63. The van der Waals surface area contributed by atoms with Crippen LogP contribution in [0.1, 0.15) is 30.4 Å². The first-order valence-electron chi connectivity index (χ1n) is 9.91. The summed E-state index contributed by atoms with van der Waals surface area (Å²) < 4.78 is 10.9. The highest BCUT2D eigenvalue weighted by Gasteiger charge is 2.38. The Labute approximate surface area is 160 Å². The lowest BCUT2D eigenvalue weighted by Gasteiger charge is -2.30. The van der Waals surface area contributed by atoms with Crippen molar-refractivity contribution in [1.82, 2.24) is 14.9 Å². The number of hydrogen-bond acceptors (Lipinski definition) is 6. The van der Waals surface area contributed by atoms with E-state index >= 15 is 0 Å². The Morgan fingerprint density at radius 2 is 2.11 bits per heavy atom.